The monoisotopic (exact) mass is 642 g/mol. The minimum Gasteiger partial charge on any atom is -0.443 e. The number of amides is 3. The summed E-state index contributed by atoms with van der Waals surface area (Å²) in [6.07, 6.45) is 3.87. The van der Waals surface area contributed by atoms with Crippen molar-refractivity contribution in [2.75, 3.05) is 6.54 Å². The zero-order chi connectivity index (χ0) is 22.2. The van der Waals surface area contributed by atoms with Crippen molar-refractivity contribution in [3.8, 4) is 0 Å². The molecule has 8 heteroatoms. The summed E-state index contributed by atoms with van der Waals surface area (Å²) in [5.41, 5.74) is -1.41. The first kappa shape index (κ1) is 23.0. The molecule has 2 heterocycles. The predicted octanol–water partition coefficient (Wildman–Crippen LogP) is 4.56. The van der Waals surface area contributed by atoms with E-state index in [9.17, 15) is 14.4 Å². The SMILES string of the molecule is CC(C)(C)OC(=O)N1C(=O)C2(C)CC(CN3C(=O)C4(C)CCC(I)C3C4)C(I)C1C2. The molecule has 2 saturated carbocycles. The van der Waals surface area contributed by atoms with E-state index in [4.69, 9.17) is 4.74 Å². The molecule has 4 rings (SSSR count). The summed E-state index contributed by atoms with van der Waals surface area (Å²) in [6, 6.07) is 0.130. The van der Waals surface area contributed by atoms with Gasteiger partial charge in [0.25, 0.3) is 0 Å². The van der Waals surface area contributed by atoms with Crippen molar-refractivity contribution < 1.29 is 19.1 Å². The van der Waals surface area contributed by atoms with Gasteiger partial charge >= 0.3 is 6.09 Å². The Morgan fingerprint density at radius 2 is 1.70 bits per heavy atom. The normalized spacial score (nSPS) is 43.4. The molecule has 3 amide bonds. The molecule has 30 heavy (non-hydrogen) atoms. The van der Waals surface area contributed by atoms with Gasteiger partial charge in [-0.25, -0.2) is 9.69 Å². The van der Waals surface area contributed by atoms with Crippen molar-refractivity contribution in [2.24, 2.45) is 16.7 Å². The highest BCUT2D eigenvalue weighted by Crippen LogP contribution is 2.53. The van der Waals surface area contributed by atoms with Crippen LogP contribution in [0.25, 0.3) is 0 Å². The third kappa shape index (κ3) is 3.69. The number of likely N-dealkylation sites (tertiary alicyclic amines) is 2. The van der Waals surface area contributed by atoms with Gasteiger partial charge in [0.05, 0.1) is 6.04 Å². The number of alkyl halides is 2. The van der Waals surface area contributed by atoms with E-state index in [1.54, 1.807) is 0 Å². The second-order valence-corrected chi connectivity index (χ2v) is 14.3. The minimum atomic E-state index is -0.640. The van der Waals surface area contributed by atoms with Gasteiger partial charge in [-0.2, -0.15) is 0 Å². The number of halogens is 2. The maximum Gasteiger partial charge on any atom is 0.417 e. The van der Waals surface area contributed by atoms with Crippen molar-refractivity contribution in [1.29, 1.82) is 0 Å². The van der Waals surface area contributed by atoms with Crippen LogP contribution < -0.4 is 0 Å². The van der Waals surface area contributed by atoms with Gasteiger partial charge < -0.3 is 9.64 Å². The van der Waals surface area contributed by atoms with Crippen molar-refractivity contribution in [2.45, 2.75) is 92.3 Å². The van der Waals surface area contributed by atoms with Crippen LogP contribution in [0, 0.1) is 16.7 Å². The standard InChI is InChI=1S/C22H32I2N2O4/c1-20(2,3)30-19(29)26-15-10-22(5,18(26)28)8-12(16(15)24)11-25-14-9-21(4,17(25)27)7-6-13(14)23/h12-16H,6-11H2,1-5H3. The molecule has 0 aromatic carbocycles. The van der Waals surface area contributed by atoms with Gasteiger partial charge in [-0.05, 0) is 58.8 Å². The van der Waals surface area contributed by atoms with Gasteiger partial charge in [0, 0.05) is 31.3 Å². The molecule has 168 valence electrons. The van der Waals surface area contributed by atoms with Crippen LogP contribution in [-0.2, 0) is 14.3 Å². The topological polar surface area (TPSA) is 66.9 Å². The van der Waals surface area contributed by atoms with Crippen molar-refractivity contribution in [3.63, 3.8) is 0 Å². The molecule has 4 bridgehead atoms. The van der Waals surface area contributed by atoms with Crippen molar-refractivity contribution >= 4 is 63.1 Å². The summed E-state index contributed by atoms with van der Waals surface area (Å²) in [4.78, 5) is 42.9. The van der Waals surface area contributed by atoms with Gasteiger partial charge in [-0.15, -0.1) is 0 Å². The molecule has 0 aromatic rings. The zero-order valence-electron chi connectivity index (χ0n) is 18.4. The van der Waals surface area contributed by atoms with Gasteiger partial charge in [0.1, 0.15) is 5.60 Å². The molecule has 0 spiro atoms. The van der Waals surface area contributed by atoms with Crippen LogP contribution >= 0.6 is 45.2 Å². The van der Waals surface area contributed by atoms with E-state index in [1.807, 2.05) is 27.7 Å². The number of hydrogen-bond donors (Lipinski definition) is 0. The third-order valence-corrected chi connectivity index (χ3v) is 10.8. The number of carbonyl (C=O) groups is 3. The lowest BCUT2D eigenvalue weighted by molar-refractivity contribution is -0.136. The highest BCUT2D eigenvalue weighted by molar-refractivity contribution is 14.1. The second kappa shape index (κ2) is 7.45. The molecule has 0 radical (unpaired) electrons. The number of nitrogens with zero attached hydrogens (tertiary/aromatic N) is 2. The van der Waals surface area contributed by atoms with Crippen LogP contribution in [0.15, 0.2) is 0 Å². The zero-order valence-corrected chi connectivity index (χ0v) is 22.7. The van der Waals surface area contributed by atoms with Crippen LogP contribution in [-0.4, -0.2) is 59.8 Å². The highest BCUT2D eigenvalue weighted by atomic mass is 127. The quantitative estimate of drug-likeness (QED) is 0.328. The lowest BCUT2D eigenvalue weighted by Crippen LogP contribution is -2.49. The predicted molar refractivity (Wildman–Crippen MR) is 131 cm³/mol. The fourth-order valence-corrected chi connectivity index (χ4v) is 8.03. The van der Waals surface area contributed by atoms with Gasteiger partial charge in [-0.1, -0.05) is 59.0 Å². The lowest BCUT2D eigenvalue weighted by Gasteiger charge is -2.40. The molecule has 7 atom stereocenters. The fourth-order valence-electron chi connectivity index (χ4n) is 6.02. The molecule has 7 unspecified atom stereocenters. The Labute approximate surface area is 206 Å². The Morgan fingerprint density at radius 1 is 1.07 bits per heavy atom. The van der Waals surface area contributed by atoms with E-state index in [2.05, 4.69) is 57.0 Å². The molecule has 0 N–H and O–H groups in total. The number of imide groups is 1. The van der Waals surface area contributed by atoms with E-state index >= 15 is 0 Å². The summed E-state index contributed by atoms with van der Waals surface area (Å²) < 4.78 is 6.17. The largest absolute Gasteiger partial charge is 0.443 e. The smallest absolute Gasteiger partial charge is 0.417 e. The first-order chi connectivity index (χ1) is 13.8. The van der Waals surface area contributed by atoms with Crippen molar-refractivity contribution in [3.05, 3.63) is 0 Å². The van der Waals surface area contributed by atoms with Crippen LogP contribution in [0.3, 0.4) is 0 Å². The Morgan fingerprint density at radius 3 is 2.33 bits per heavy atom. The first-order valence-corrected chi connectivity index (χ1v) is 13.4. The molecular weight excluding hydrogens is 610 g/mol. The summed E-state index contributed by atoms with van der Waals surface area (Å²) in [5.74, 6) is 0.367. The Kier molecular flexibility index (Phi) is 5.72. The number of hydrogen-bond acceptors (Lipinski definition) is 4. The molecule has 0 aromatic heterocycles. The van der Waals surface area contributed by atoms with E-state index in [0.717, 1.165) is 19.3 Å². The van der Waals surface area contributed by atoms with E-state index in [-0.39, 0.29) is 33.1 Å². The number of carbonyl (C=O) groups excluding carboxylic acids is 3. The molecule has 2 aliphatic carbocycles. The highest BCUT2D eigenvalue weighted by Gasteiger charge is 2.61. The molecule has 4 aliphatic rings. The Bertz CT molecular complexity index is 784. The molecule has 2 aliphatic heterocycles. The average molecular weight is 642 g/mol. The third-order valence-electron chi connectivity index (χ3n) is 7.51. The lowest BCUT2D eigenvalue weighted by atomic mass is 9.71. The summed E-state index contributed by atoms with van der Waals surface area (Å²) >= 11 is 4.92. The summed E-state index contributed by atoms with van der Waals surface area (Å²) in [7, 11) is 0. The van der Waals surface area contributed by atoms with E-state index in [0.29, 0.717) is 29.4 Å². The van der Waals surface area contributed by atoms with Crippen LogP contribution in [0.2, 0.25) is 0 Å². The molecule has 4 fully saturated rings. The molecule has 2 saturated heterocycles. The maximum absolute atomic E-state index is 13.3. The Hall–Kier alpha value is -0.130. The number of fused-ring (bicyclic) bond motifs is 4. The average Bonchev–Trinajstić information content (AvgIpc) is 2.97. The number of rotatable bonds is 2. The summed E-state index contributed by atoms with van der Waals surface area (Å²) in [5, 5.41) is 0. The summed E-state index contributed by atoms with van der Waals surface area (Å²) in [6.45, 7) is 10.2. The first-order valence-electron chi connectivity index (χ1n) is 10.9. The fraction of sp³-hybridized carbons (Fsp3) is 0.864. The van der Waals surface area contributed by atoms with Crippen molar-refractivity contribution in [1.82, 2.24) is 9.80 Å². The number of ether oxygens (including phenoxy) is 1. The van der Waals surface area contributed by atoms with Crippen LogP contribution in [0.5, 0.6) is 0 Å². The van der Waals surface area contributed by atoms with E-state index in [1.165, 1.54) is 4.90 Å². The van der Waals surface area contributed by atoms with Crippen LogP contribution in [0.1, 0.15) is 66.7 Å². The minimum absolute atomic E-state index is 0.114. The van der Waals surface area contributed by atoms with Gasteiger partial charge in [0.15, 0.2) is 0 Å². The Balaban J connectivity index is 1.56. The molecular formula is C22H32I2N2O4. The second-order valence-electron chi connectivity index (χ2n) is 11.2. The maximum atomic E-state index is 13.3. The van der Waals surface area contributed by atoms with Gasteiger partial charge in [-0.3, -0.25) is 9.59 Å². The molecule has 6 nitrogen and oxygen atoms in total. The van der Waals surface area contributed by atoms with Gasteiger partial charge in [0.2, 0.25) is 11.8 Å². The van der Waals surface area contributed by atoms with Crippen LogP contribution in [0.4, 0.5) is 4.79 Å². The van der Waals surface area contributed by atoms with E-state index < -0.39 is 17.1 Å².